The second kappa shape index (κ2) is 8.88. The normalized spacial score (nSPS) is 11.3. The molecule has 0 atom stereocenters. The van der Waals surface area contributed by atoms with Crippen molar-refractivity contribution in [3.63, 3.8) is 0 Å². The second-order valence-electron chi connectivity index (χ2n) is 6.87. The summed E-state index contributed by atoms with van der Waals surface area (Å²) in [5.74, 6) is -0.508. The van der Waals surface area contributed by atoms with Crippen LogP contribution in [0.3, 0.4) is 0 Å². The van der Waals surface area contributed by atoms with Gasteiger partial charge in [-0.2, -0.15) is 0 Å². The van der Waals surface area contributed by atoms with E-state index in [-0.39, 0.29) is 30.0 Å². The van der Waals surface area contributed by atoms with Crippen molar-refractivity contribution in [2.45, 2.75) is 13.3 Å². The molecule has 10 heteroatoms. The minimum atomic E-state index is -0.657. The number of fused-ring (bicyclic) bond motifs is 1. The maximum Gasteiger partial charge on any atom is 0.283 e. The van der Waals surface area contributed by atoms with Gasteiger partial charge in [-0.15, -0.1) is 10.2 Å². The molecule has 2 N–H and O–H groups in total. The molecule has 0 amide bonds. The van der Waals surface area contributed by atoms with Crippen LogP contribution in [0, 0.1) is 13.5 Å². The summed E-state index contributed by atoms with van der Waals surface area (Å²) >= 11 is 7.27. The highest BCUT2D eigenvalue weighted by atomic mass is 35.5. The van der Waals surface area contributed by atoms with Crippen molar-refractivity contribution in [1.82, 2.24) is 9.55 Å². The second-order valence-corrected chi connectivity index (χ2v) is 8.31. The number of aryl methyl sites for hydroxylation is 1. The summed E-state index contributed by atoms with van der Waals surface area (Å²) in [4.78, 5) is 21.1. The molecule has 4 aromatic rings. The zero-order valence-corrected chi connectivity index (χ0v) is 18.4. The van der Waals surface area contributed by atoms with Crippen molar-refractivity contribution >= 4 is 49.7 Å². The molecule has 4 rings (SSSR count). The third-order valence-electron chi connectivity index (χ3n) is 4.74. The standard InChI is InChI=1S/C22H16ClN5O3S/c1-12-3-6-14(7-4-12)28-20(30)18(24-2)15(9-10-29)19(21(28)31)26-27-22-25-16-11-13(23)5-8-17(16)32-22/h3-8,11,29-30H,9-10H2,1H3. The van der Waals surface area contributed by atoms with Gasteiger partial charge in [0.2, 0.25) is 11.0 Å². The number of hydrogen-bond donors (Lipinski definition) is 2. The summed E-state index contributed by atoms with van der Waals surface area (Å²) in [7, 11) is 0. The molecule has 8 nitrogen and oxygen atoms in total. The smallest absolute Gasteiger partial charge is 0.283 e. The average Bonchev–Trinajstić information content (AvgIpc) is 3.17. The van der Waals surface area contributed by atoms with Crippen molar-refractivity contribution in [2.24, 2.45) is 10.2 Å². The molecule has 0 spiro atoms. The third-order valence-corrected chi connectivity index (χ3v) is 5.90. The van der Waals surface area contributed by atoms with Crippen LogP contribution in [0.15, 0.2) is 57.5 Å². The first-order valence-corrected chi connectivity index (χ1v) is 10.7. The van der Waals surface area contributed by atoms with Gasteiger partial charge in [0.1, 0.15) is 5.69 Å². The number of rotatable bonds is 5. The van der Waals surface area contributed by atoms with Crippen LogP contribution in [-0.2, 0) is 6.42 Å². The lowest BCUT2D eigenvalue weighted by Gasteiger charge is -2.15. The largest absolute Gasteiger partial charge is 0.502 e. The van der Waals surface area contributed by atoms with Crippen molar-refractivity contribution < 1.29 is 10.2 Å². The molecule has 0 radical (unpaired) electrons. The van der Waals surface area contributed by atoms with E-state index in [0.717, 1.165) is 14.8 Å². The fourth-order valence-corrected chi connectivity index (χ4v) is 4.14. The molecular formula is C22H16ClN5O3S. The summed E-state index contributed by atoms with van der Waals surface area (Å²) < 4.78 is 1.86. The van der Waals surface area contributed by atoms with Gasteiger partial charge in [-0.05, 0) is 49.2 Å². The minimum absolute atomic E-state index is 0.0426. The van der Waals surface area contributed by atoms with Gasteiger partial charge in [0.05, 0.1) is 22.5 Å². The fourth-order valence-electron chi connectivity index (χ4n) is 3.21. The Morgan fingerprint density at radius 2 is 1.97 bits per heavy atom. The Morgan fingerprint density at radius 1 is 1.22 bits per heavy atom. The summed E-state index contributed by atoms with van der Waals surface area (Å²) in [6.45, 7) is 9.09. The summed E-state index contributed by atoms with van der Waals surface area (Å²) in [5, 5.41) is 29.2. The van der Waals surface area contributed by atoms with E-state index in [1.807, 2.05) is 13.0 Å². The van der Waals surface area contributed by atoms with Gasteiger partial charge < -0.3 is 10.2 Å². The van der Waals surface area contributed by atoms with E-state index in [1.54, 1.807) is 36.4 Å². The van der Waals surface area contributed by atoms with Gasteiger partial charge in [0, 0.05) is 11.6 Å². The maximum absolute atomic E-state index is 13.3. The van der Waals surface area contributed by atoms with Crippen LogP contribution in [0.4, 0.5) is 16.5 Å². The van der Waals surface area contributed by atoms with Crippen molar-refractivity contribution in [1.29, 1.82) is 0 Å². The van der Waals surface area contributed by atoms with Gasteiger partial charge in [-0.3, -0.25) is 9.36 Å². The average molecular weight is 466 g/mol. The SMILES string of the molecule is [C-]#[N+]c1c(CCO)c(N=Nc2nc3cc(Cl)ccc3s2)c(=O)n(-c2ccc(C)cc2)c1O. The van der Waals surface area contributed by atoms with Gasteiger partial charge in [0.25, 0.3) is 11.2 Å². The van der Waals surface area contributed by atoms with Gasteiger partial charge >= 0.3 is 0 Å². The number of aliphatic hydroxyl groups excluding tert-OH is 1. The zero-order chi connectivity index (χ0) is 22.8. The van der Waals surface area contributed by atoms with Crippen molar-refractivity contribution in [2.75, 3.05) is 6.61 Å². The molecule has 0 unspecified atom stereocenters. The Hall–Kier alpha value is -3.58. The molecule has 0 fully saturated rings. The summed E-state index contributed by atoms with van der Waals surface area (Å²) in [6, 6.07) is 12.1. The first-order valence-electron chi connectivity index (χ1n) is 9.47. The Bertz CT molecular complexity index is 1450. The number of thiazole rings is 1. The third kappa shape index (κ3) is 3.99. The maximum atomic E-state index is 13.3. The van der Waals surface area contributed by atoms with Crippen LogP contribution in [0.2, 0.25) is 5.02 Å². The molecule has 0 aliphatic rings. The molecule has 2 heterocycles. The minimum Gasteiger partial charge on any atom is -0.502 e. The molecule has 0 aliphatic heterocycles. The molecule has 0 aliphatic carbocycles. The predicted molar refractivity (Wildman–Crippen MR) is 124 cm³/mol. The molecule has 0 saturated heterocycles. The topological polar surface area (TPSA) is 104 Å². The number of nitrogens with zero attached hydrogens (tertiary/aromatic N) is 5. The first kappa shape index (κ1) is 21.6. The fraction of sp³-hybridized carbons (Fsp3) is 0.136. The molecule has 0 bridgehead atoms. The molecule has 0 saturated carbocycles. The quantitative estimate of drug-likeness (QED) is 0.295. The van der Waals surface area contributed by atoms with Crippen LogP contribution in [0.5, 0.6) is 5.88 Å². The van der Waals surface area contributed by atoms with Crippen LogP contribution in [-0.4, -0.2) is 26.4 Å². The number of pyridine rings is 1. The highest BCUT2D eigenvalue weighted by molar-refractivity contribution is 7.21. The Balaban J connectivity index is 1.91. The number of aromatic nitrogens is 2. The number of aliphatic hydroxyl groups is 1. The lowest BCUT2D eigenvalue weighted by Crippen LogP contribution is -2.20. The van der Waals surface area contributed by atoms with E-state index >= 15 is 0 Å². The van der Waals surface area contributed by atoms with Crippen LogP contribution in [0.1, 0.15) is 11.1 Å². The van der Waals surface area contributed by atoms with Crippen LogP contribution >= 0.6 is 22.9 Å². The van der Waals surface area contributed by atoms with Gasteiger partial charge in [0.15, 0.2) is 0 Å². The summed E-state index contributed by atoms with van der Waals surface area (Å²) in [6.07, 6.45) is -0.0426. The first-order chi connectivity index (χ1) is 15.4. The van der Waals surface area contributed by atoms with Gasteiger partial charge in [-0.25, -0.2) is 9.83 Å². The van der Waals surface area contributed by atoms with E-state index in [4.69, 9.17) is 18.2 Å². The highest BCUT2D eigenvalue weighted by Crippen LogP contribution is 2.38. The molecule has 2 aromatic carbocycles. The number of azo groups is 1. The molecule has 2 aromatic heterocycles. The summed E-state index contributed by atoms with van der Waals surface area (Å²) in [5.41, 5.74) is 1.17. The monoisotopic (exact) mass is 465 g/mol. The highest BCUT2D eigenvalue weighted by Gasteiger charge is 2.23. The number of aromatic hydroxyl groups is 1. The molecule has 32 heavy (non-hydrogen) atoms. The zero-order valence-electron chi connectivity index (χ0n) is 16.8. The number of hydrogen-bond acceptors (Lipinski definition) is 7. The number of halogens is 1. The predicted octanol–water partition coefficient (Wildman–Crippen LogP) is 5.62. The Morgan fingerprint density at radius 3 is 2.66 bits per heavy atom. The molecule has 160 valence electrons. The lowest BCUT2D eigenvalue weighted by molar-refractivity contribution is 0.299. The van der Waals surface area contributed by atoms with E-state index in [0.29, 0.717) is 21.4 Å². The number of benzene rings is 2. The van der Waals surface area contributed by atoms with Crippen molar-refractivity contribution in [3.8, 4) is 11.6 Å². The molecular weight excluding hydrogens is 450 g/mol. The van der Waals surface area contributed by atoms with Crippen LogP contribution in [0.25, 0.3) is 20.7 Å². The van der Waals surface area contributed by atoms with Gasteiger partial charge in [-0.1, -0.05) is 40.6 Å². The van der Waals surface area contributed by atoms with Crippen LogP contribution < -0.4 is 5.56 Å². The lowest BCUT2D eigenvalue weighted by atomic mass is 10.1. The van der Waals surface area contributed by atoms with Crippen molar-refractivity contribution in [3.05, 3.63) is 80.4 Å². The Labute approximate surface area is 191 Å². The van der Waals surface area contributed by atoms with E-state index in [9.17, 15) is 15.0 Å². The Kier molecular flexibility index (Phi) is 6.01. The van der Waals surface area contributed by atoms with E-state index in [2.05, 4.69) is 20.1 Å². The van der Waals surface area contributed by atoms with E-state index in [1.165, 1.54) is 11.3 Å². The van der Waals surface area contributed by atoms with E-state index < -0.39 is 11.4 Å².